The van der Waals surface area contributed by atoms with Crippen LogP contribution in [0.25, 0.3) is 0 Å². The van der Waals surface area contributed by atoms with Crippen LogP contribution in [0, 0.1) is 0 Å². The summed E-state index contributed by atoms with van der Waals surface area (Å²) in [6.45, 7) is 10.3. The monoisotopic (exact) mass is 598 g/mol. The van der Waals surface area contributed by atoms with E-state index in [2.05, 4.69) is 59.7 Å². The van der Waals surface area contributed by atoms with E-state index >= 15 is 0 Å². The number of piperidine rings is 1. The molecule has 0 unspecified atom stereocenters. The normalized spacial score (nSPS) is 19.6. The van der Waals surface area contributed by atoms with Gasteiger partial charge in [0.25, 0.3) is 0 Å². The number of anilines is 3. The minimum Gasteiger partial charge on any atom is -0.495 e. The molecule has 0 atom stereocenters. The average Bonchev–Trinajstić information content (AvgIpc) is 3.17. The molecule has 2 aromatic rings. The molecule has 1 aromatic heterocycles. The fourth-order valence-electron chi connectivity index (χ4n) is 5.47. The number of allylic oxidation sites excluding steroid dienone is 3. The van der Waals surface area contributed by atoms with E-state index in [1.165, 1.54) is 31.6 Å². The number of rotatable bonds is 8. The molecule has 2 saturated heterocycles. The molecule has 220 valence electrons. The van der Waals surface area contributed by atoms with Crippen LogP contribution in [0.2, 0.25) is 5.15 Å². The van der Waals surface area contributed by atoms with Gasteiger partial charge in [-0.1, -0.05) is 17.7 Å². The van der Waals surface area contributed by atoms with Crippen molar-refractivity contribution in [3.63, 3.8) is 0 Å². The molecule has 1 aromatic carbocycles. The van der Waals surface area contributed by atoms with E-state index in [1.54, 1.807) is 20.4 Å². The highest BCUT2D eigenvalue weighted by Crippen LogP contribution is 2.35. The van der Waals surface area contributed by atoms with Gasteiger partial charge in [-0.05, 0) is 63.6 Å². The number of nitrogens with one attached hydrogen (secondary N) is 2. The molecule has 0 saturated carbocycles. The Hall–Kier alpha value is -2.91. The summed E-state index contributed by atoms with van der Waals surface area (Å²) in [7, 11) is 1.55. The number of methoxy groups -OCH3 is 1. The number of benzene rings is 1. The van der Waals surface area contributed by atoms with Crippen molar-refractivity contribution in [2.75, 3.05) is 77.4 Å². The first kappa shape index (κ1) is 29.6. The zero-order valence-corrected chi connectivity index (χ0v) is 26.0. The van der Waals surface area contributed by atoms with Gasteiger partial charge in [0.2, 0.25) is 5.95 Å². The third kappa shape index (κ3) is 7.49. The van der Waals surface area contributed by atoms with Gasteiger partial charge in [0.05, 0.1) is 12.8 Å². The molecule has 41 heavy (non-hydrogen) atoms. The van der Waals surface area contributed by atoms with E-state index in [4.69, 9.17) is 16.3 Å². The summed E-state index contributed by atoms with van der Waals surface area (Å²) in [5.41, 5.74) is 2.75. The minimum absolute atomic E-state index is 0.149. The Balaban J connectivity index is 1.26. The highest BCUT2D eigenvalue weighted by molar-refractivity contribution is 7.70. The van der Waals surface area contributed by atoms with Gasteiger partial charge in [-0.3, -0.25) is 4.90 Å². The SMILES string of the molecule is COC1=C(Nc2nnc(Cl)c(Nc3ccc(P(C)(C)=O)cc3)n2)C=CCC(N2CCC(N3CCN(C)CC3)CC2)=C1. The highest BCUT2D eigenvalue weighted by atomic mass is 35.5. The molecule has 0 radical (unpaired) electrons. The number of hydrogen-bond acceptors (Lipinski definition) is 10. The molecular formula is C29H40ClN8O2P. The van der Waals surface area contributed by atoms with E-state index in [9.17, 15) is 4.57 Å². The molecule has 5 rings (SSSR count). The fraction of sp³-hybridized carbons (Fsp3) is 0.483. The van der Waals surface area contributed by atoms with Crippen molar-refractivity contribution < 1.29 is 9.30 Å². The summed E-state index contributed by atoms with van der Waals surface area (Å²) in [6, 6.07) is 8.05. The van der Waals surface area contributed by atoms with Crippen LogP contribution in [0.5, 0.6) is 0 Å². The summed E-state index contributed by atoms with van der Waals surface area (Å²) in [6.07, 6.45) is 9.43. The first-order valence-corrected chi connectivity index (χ1v) is 17.1. The molecule has 12 heteroatoms. The Kier molecular flexibility index (Phi) is 9.34. The molecule has 2 fully saturated rings. The number of piperazine rings is 1. The van der Waals surface area contributed by atoms with Crippen molar-refractivity contribution in [1.29, 1.82) is 0 Å². The predicted octanol–water partition coefficient (Wildman–Crippen LogP) is 4.34. The molecule has 0 spiro atoms. The highest BCUT2D eigenvalue weighted by Gasteiger charge is 2.27. The second-order valence-electron chi connectivity index (χ2n) is 11.2. The van der Waals surface area contributed by atoms with Crippen molar-refractivity contribution in [3.05, 3.63) is 64.8 Å². The number of nitrogens with zero attached hydrogens (tertiary/aromatic N) is 6. The number of halogens is 1. The van der Waals surface area contributed by atoms with Gasteiger partial charge in [0.1, 0.15) is 12.9 Å². The zero-order chi connectivity index (χ0) is 29.0. The van der Waals surface area contributed by atoms with Crippen molar-refractivity contribution in [2.45, 2.75) is 25.3 Å². The molecule has 2 aliphatic heterocycles. The number of likely N-dealkylation sites (tertiary alicyclic amines) is 1. The Morgan fingerprint density at radius 3 is 2.37 bits per heavy atom. The van der Waals surface area contributed by atoms with Gasteiger partial charge < -0.3 is 29.7 Å². The van der Waals surface area contributed by atoms with E-state index in [0.717, 1.165) is 49.3 Å². The van der Waals surface area contributed by atoms with E-state index in [-0.39, 0.29) is 5.15 Å². The average molecular weight is 599 g/mol. The van der Waals surface area contributed by atoms with E-state index in [1.807, 2.05) is 30.3 Å². The summed E-state index contributed by atoms with van der Waals surface area (Å²) in [4.78, 5) is 12.1. The third-order valence-electron chi connectivity index (χ3n) is 7.96. The molecule has 0 bridgehead atoms. The number of ether oxygens (including phenoxy) is 1. The van der Waals surface area contributed by atoms with E-state index < -0.39 is 7.14 Å². The standard InChI is InChI=1S/C29H40ClN8O2P/c1-36-16-18-38(19-17-36)22-12-14-37(15-13-22)23-6-5-7-25(26(20-23)40-2)32-29-33-28(27(30)34-35-29)31-21-8-10-24(11-9-21)41(3,4)39/h5,7-11,20,22H,6,12-19H2,1-4H3,(H2,31,32,33,35). The minimum atomic E-state index is -2.33. The van der Waals surface area contributed by atoms with Gasteiger partial charge in [0.15, 0.2) is 11.0 Å². The van der Waals surface area contributed by atoms with Crippen LogP contribution >= 0.6 is 18.7 Å². The maximum absolute atomic E-state index is 12.3. The summed E-state index contributed by atoms with van der Waals surface area (Å²) < 4.78 is 18.1. The number of likely N-dealkylation sites (N-methyl/N-ethyl adjacent to an activating group) is 1. The Bertz CT molecular complexity index is 1360. The third-order valence-corrected chi connectivity index (χ3v) is 9.76. The van der Waals surface area contributed by atoms with Crippen LogP contribution in [0.3, 0.4) is 0 Å². The van der Waals surface area contributed by atoms with Crippen LogP contribution < -0.4 is 15.9 Å². The van der Waals surface area contributed by atoms with Crippen LogP contribution in [0.1, 0.15) is 19.3 Å². The van der Waals surface area contributed by atoms with Crippen molar-refractivity contribution in [2.24, 2.45) is 0 Å². The quantitative estimate of drug-likeness (QED) is 0.427. The lowest BCUT2D eigenvalue weighted by Gasteiger charge is -2.43. The van der Waals surface area contributed by atoms with Gasteiger partial charge >= 0.3 is 0 Å². The van der Waals surface area contributed by atoms with Gasteiger partial charge in [0, 0.05) is 74.5 Å². The van der Waals surface area contributed by atoms with E-state index in [0.29, 0.717) is 23.6 Å². The lowest BCUT2D eigenvalue weighted by molar-refractivity contribution is 0.0752. The zero-order valence-electron chi connectivity index (χ0n) is 24.3. The molecule has 10 nitrogen and oxygen atoms in total. The number of aromatic nitrogens is 3. The maximum atomic E-state index is 12.3. The Morgan fingerprint density at radius 2 is 1.71 bits per heavy atom. The topological polar surface area (TPSA) is 98.7 Å². The van der Waals surface area contributed by atoms with Crippen LogP contribution in [0.4, 0.5) is 17.5 Å². The molecular weight excluding hydrogens is 559 g/mol. The molecule has 3 heterocycles. The molecule has 2 N–H and O–H groups in total. The predicted molar refractivity (Wildman–Crippen MR) is 167 cm³/mol. The van der Waals surface area contributed by atoms with Crippen LogP contribution in [-0.2, 0) is 9.30 Å². The lowest BCUT2D eigenvalue weighted by Crippen LogP contribution is -2.52. The lowest BCUT2D eigenvalue weighted by atomic mass is 10.0. The van der Waals surface area contributed by atoms with Gasteiger partial charge in [-0.2, -0.15) is 4.98 Å². The second-order valence-corrected chi connectivity index (χ2v) is 14.8. The molecule has 1 aliphatic carbocycles. The number of hydrogen-bond donors (Lipinski definition) is 2. The maximum Gasteiger partial charge on any atom is 0.249 e. The Labute approximate surface area is 247 Å². The van der Waals surface area contributed by atoms with Crippen molar-refractivity contribution in [3.8, 4) is 0 Å². The van der Waals surface area contributed by atoms with Crippen molar-refractivity contribution >= 4 is 41.5 Å². The van der Waals surface area contributed by atoms with Gasteiger partial charge in [-0.15, -0.1) is 10.2 Å². The first-order valence-electron chi connectivity index (χ1n) is 14.1. The fourth-order valence-corrected chi connectivity index (χ4v) is 6.47. The smallest absolute Gasteiger partial charge is 0.249 e. The first-order chi connectivity index (χ1) is 19.7. The summed E-state index contributed by atoms with van der Waals surface area (Å²) in [5, 5.41) is 15.6. The largest absolute Gasteiger partial charge is 0.495 e. The second kappa shape index (κ2) is 12.9. The van der Waals surface area contributed by atoms with Crippen molar-refractivity contribution in [1.82, 2.24) is 29.9 Å². The molecule has 3 aliphatic rings. The Morgan fingerprint density at radius 1 is 1.00 bits per heavy atom. The summed E-state index contributed by atoms with van der Waals surface area (Å²) in [5.74, 6) is 1.37. The summed E-state index contributed by atoms with van der Waals surface area (Å²) >= 11 is 6.30. The van der Waals surface area contributed by atoms with Crippen LogP contribution in [0.15, 0.2) is 59.6 Å². The van der Waals surface area contributed by atoms with Gasteiger partial charge in [-0.25, -0.2) is 0 Å². The van der Waals surface area contributed by atoms with Crippen LogP contribution in [-0.4, -0.2) is 103 Å². The molecule has 0 amide bonds.